The molecule has 1 N–H and O–H groups in total. The third-order valence-electron chi connectivity index (χ3n) is 3.09. The Balaban J connectivity index is 2.27. The van der Waals surface area contributed by atoms with Gasteiger partial charge in [0.05, 0.1) is 23.4 Å². The number of rotatable bonds is 6. The number of halogens is 4. The lowest BCUT2D eigenvalue weighted by Gasteiger charge is -2.15. The molecule has 9 heteroatoms. The number of carbonyl (C=O) groups is 1. The molecule has 0 aliphatic rings. The first-order chi connectivity index (χ1) is 11.8. The van der Waals surface area contributed by atoms with Gasteiger partial charge in [0, 0.05) is 13.3 Å². The summed E-state index contributed by atoms with van der Waals surface area (Å²) in [5.41, 5.74) is -0.869. The van der Waals surface area contributed by atoms with Crippen LogP contribution in [-0.2, 0) is 10.9 Å². The van der Waals surface area contributed by atoms with Crippen LogP contribution in [0.15, 0.2) is 36.5 Å². The van der Waals surface area contributed by atoms with E-state index in [2.05, 4.69) is 10.3 Å². The zero-order valence-electron chi connectivity index (χ0n) is 13.1. The molecule has 5 nitrogen and oxygen atoms in total. The Morgan fingerprint density at radius 2 is 2.00 bits per heavy atom. The summed E-state index contributed by atoms with van der Waals surface area (Å²) in [4.78, 5) is 16.0. The number of amides is 1. The van der Waals surface area contributed by atoms with Gasteiger partial charge in [0.15, 0.2) is 0 Å². The van der Waals surface area contributed by atoms with Crippen molar-refractivity contribution in [2.75, 3.05) is 25.6 Å². The van der Waals surface area contributed by atoms with E-state index in [1.165, 1.54) is 25.4 Å². The third-order valence-corrected chi connectivity index (χ3v) is 3.31. The molecule has 0 saturated carbocycles. The SMILES string of the molecule is COCCOc1ccc(C(F)(F)F)cc1NC(=O)c1ccc(Cl)nc1. The molecule has 0 aliphatic heterocycles. The summed E-state index contributed by atoms with van der Waals surface area (Å²) in [6, 6.07) is 5.64. The van der Waals surface area contributed by atoms with Crippen LogP contribution in [-0.4, -0.2) is 31.2 Å². The average Bonchev–Trinajstić information content (AvgIpc) is 2.56. The van der Waals surface area contributed by atoms with Crippen molar-refractivity contribution < 1.29 is 27.4 Å². The number of pyridine rings is 1. The minimum atomic E-state index is -4.55. The molecule has 0 unspecified atom stereocenters. The molecule has 0 bridgehead atoms. The van der Waals surface area contributed by atoms with Crippen LogP contribution in [0.3, 0.4) is 0 Å². The minimum Gasteiger partial charge on any atom is -0.489 e. The molecule has 2 rings (SSSR count). The zero-order chi connectivity index (χ0) is 18.4. The average molecular weight is 375 g/mol. The Morgan fingerprint density at radius 1 is 1.24 bits per heavy atom. The molecular formula is C16H14ClF3N2O3. The van der Waals surface area contributed by atoms with E-state index in [4.69, 9.17) is 21.1 Å². The van der Waals surface area contributed by atoms with Crippen molar-refractivity contribution in [2.45, 2.75) is 6.18 Å². The summed E-state index contributed by atoms with van der Waals surface area (Å²) >= 11 is 5.64. The maximum Gasteiger partial charge on any atom is 0.416 e. The molecule has 2 aromatic rings. The number of benzene rings is 1. The van der Waals surface area contributed by atoms with Gasteiger partial charge in [-0.2, -0.15) is 13.2 Å². The van der Waals surface area contributed by atoms with Gasteiger partial charge in [-0.05, 0) is 30.3 Å². The molecule has 1 amide bonds. The monoisotopic (exact) mass is 374 g/mol. The van der Waals surface area contributed by atoms with Crippen LogP contribution in [0.2, 0.25) is 5.15 Å². The van der Waals surface area contributed by atoms with Crippen LogP contribution in [0.25, 0.3) is 0 Å². The molecule has 0 fully saturated rings. The molecule has 25 heavy (non-hydrogen) atoms. The number of carbonyl (C=O) groups excluding carboxylic acids is 1. The summed E-state index contributed by atoms with van der Waals surface area (Å²) in [7, 11) is 1.46. The maximum absolute atomic E-state index is 12.9. The fraction of sp³-hybridized carbons (Fsp3) is 0.250. The lowest BCUT2D eigenvalue weighted by atomic mass is 10.1. The summed E-state index contributed by atoms with van der Waals surface area (Å²) < 4.78 is 48.9. The molecule has 0 atom stereocenters. The molecule has 1 aromatic heterocycles. The highest BCUT2D eigenvalue weighted by molar-refractivity contribution is 6.29. The van der Waals surface area contributed by atoms with Gasteiger partial charge in [0.1, 0.15) is 17.5 Å². The number of hydrogen-bond donors (Lipinski definition) is 1. The fourth-order valence-electron chi connectivity index (χ4n) is 1.87. The second-order valence-corrected chi connectivity index (χ2v) is 5.26. The van der Waals surface area contributed by atoms with Gasteiger partial charge in [0.2, 0.25) is 0 Å². The Bertz CT molecular complexity index is 736. The smallest absolute Gasteiger partial charge is 0.416 e. The topological polar surface area (TPSA) is 60.5 Å². The standard InChI is InChI=1S/C16H14ClF3N2O3/c1-24-6-7-25-13-4-3-11(16(18,19)20)8-12(13)22-15(23)10-2-5-14(17)21-9-10/h2-5,8-9H,6-7H2,1H3,(H,22,23). The lowest BCUT2D eigenvalue weighted by molar-refractivity contribution is -0.137. The Kier molecular flexibility index (Phi) is 6.22. The van der Waals surface area contributed by atoms with Gasteiger partial charge in [-0.15, -0.1) is 0 Å². The van der Waals surface area contributed by atoms with E-state index in [-0.39, 0.29) is 35.4 Å². The summed E-state index contributed by atoms with van der Waals surface area (Å²) in [5.74, 6) is -0.541. The Morgan fingerprint density at radius 3 is 2.60 bits per heavy atom. The number of anilines is 1. The first-order valence-corrected chi connectivity index (χ1v) is 7.45. The van der Waals surface area contributed by atoms with Gasteiger partial charge in [-0.25, -0.2) is 4.98 Å². The van der Waals surface area contributed by atoms with E-state index < -0.39 is 17.6 Å². The highest BCUT2D eigenvalue weighted by Crippen LogP contribution is 2.35. The first kappa shape index (κ1) is 19.0. The third kappa shape index (κ3) is 5.33. The number of alkyl halides is 3. The quantitative estimate of drug-likeness (QED) is 0.612. The van der Waals surface area contributed by atoms with Crippen LogP contribution >= 0.6 is 11.6 Å². The maximum atomic E-state index is 12.9. The first-order valence-electron chi connectivity index (χ1n) is 7.07. The lowest BCUT2D eigenvalue weighted by Crippen LogP contribution is -2.15. The van der Waals surface area contributed by atoms with Crippen LogP contribution in [0.1, 0.15) is 15.9 Å². The Hall–Kier alpha value is -2.32. The van der Waals surface area contributed by atoms with Crippen molar-refractivity contribution in [2.24, 2.45) is 0 Å². The largest absolute Gasteiger partial charge is 0.489 e. The molecule has 134 valence electrons. The van der Waals surface area contributed by atoms with Crippen LogP contribution in [0.4, 0.5) is 18.9 Å². The predicted molar refractivity (Wildman–Crippen MR) is 86.0 cm³/mol. The summed E-state index contributed by atoms with van der Waals surface area (Å²) in [6.45, 7) is 0.364. The number of aromatic nitrogens is 1. The number of hydrogen-bond acceptors (Lipinski definition) is 4. The van der Waals surface area contributed by atoms with Crippen molar-refractivity contribution >= 4 is 23.2 Å². The van der Waals surface area contributed by atoms with Gasteiger partial charge >= 0.3 is 6.18 Å². The molecule has 1 heterocycles. The van der Waals surface area contributed by atoms with E-state index in [9.17, 15) is 18.0 Å². The van der Waals surface area contributed by atoms with E-state index in [0.717, 1.165) is 18.2 Å². The van der Waals surface area contributed by atoms with Crippen molar-refractivity contribution in [3.63, 3.8) is 0 Å². The Labute approximate surface area is 146 Å². The highest BCUT2D eigenvalue weighted by atomic mass is 35.5. The van der Waals surface area contributed by atoms with Gasteiger partial charge in [-0.1, -0.05) is 11.6 Å². The zero-order valence-corrected chi connectivity index (χ0v) is 13.8. The number of ether oxygens (including phenoxy) is 2. The number of nitrogens with zero attached hydrogens (tertiary/aromatic N) is 1. The molecule has 0 radical (unpaired) electrons. The van der Waals surface area contributed by atoms with E-state index in [0.29, 0.717) is 0 Å². The van der Waals surface area contributed by atoms with Crippen molar-refractivity contribution in [3.8, 4) is 5.75 Å². The number of methoxy groups -OCH3 is 1. The van der Waals surface area contributed by atoms with E-state index >= 15 is 0 Å². The van der Waals surface area contributed by atoms with Crippen LogP contribution in [0, 0.1) is 0 Å². The minimum absolute atomic E-state index is 0.0975. The highest BCUT2D eigenvalue weighted by Gasteiger charge is 2.31. The van der Waals surface area contributed by atoms with E-state index in [1.807, 2.05) is 0 Å². The van der Waals surface area contributed by atoms with Crippen molar-refractivity contribution in [1.29, 1.82) is 0 Å². The summed E-state index contributed by atoms with van der Waals surface area (Å²) in [6.07, 6.45) is -3.33. The molecular weight excluding hydrogens is 361 g/mol. The predicted octanol–water partition coefficient (Wildman–Crippen LogP) is 4.03. The van der Waals surface area contributed by atoms with Crippen LogP contribution < -0.4 is 10.1 Å². The molecule has 0 saturated heterocycles. The van der Waals surface area contributed by atoms with Gasteiger partial charge in [-0.3, -0.25) is 4.79 Å². The molecule has 0 aliphatic carbocycles. The molecule has 1 aromatic carbocycles. The van der Waals surface area contributed by atoms with Crippen LogP contribution in [0.5, 0.6) is 5.75 Å². The van der Waals surface area contributed by atoms with Crippen molar-refractivity contribution in [3.05, 3.63) is 52.8 Å². The van der Waals surface area contributed by atoms with E-state index in [1.54, 1.807) is 0 Å². The second-order valence-electron chi connectivity index (χ2n) is 4.87. The second kappa shape index (κ2) is 8.17. The summed E-state index contributed by atoms with van der Waals surface area (Å²) in [5, 5.41) is 2.59. The number of nitrogens with one attached hydrogen (secondary N) is 1. The van der Waals surface area contributed by atoms with Gasteiger partial charge < -0.3 is 14.8 Å². The van der Waals surface area contributed by atoms with Crippen molar-refractivity contribution in [1.82, 2.24) is 4.98 Å². The normalized spacial score (nSPS) is 11.2. The molecule has 0 spiro atoms. The van der Waals surface area contributed by atoms with Gasteiger partial charge in [0.25, 0.3) is 5.91 Å². The fourth-order valence-corrected chi connectivity index (χ4v) is 1.98.